The Balaban J connectivity index is 1.44. The van der Waals surface area contributed by atoms with Gasteiger partial charge in [-0.15, -0.1) is 6.42 Å². The number of carbonyl (C=O) groups is 1. The number of hydrogen-bond acceptors (Lipinski definition) is 4. The van der Waals surface area contributed by atoms with Crippen molar-refractivity contribution in [1.29, 1.82) is 0 Å². The predicted molar refractivity (Wildman–Crippen MR) is 148 cm³/mol. The van der Waals surface area contributed by atoms with Gasteiger partial charge >= 0.3 is 11.5 Å². The predicted octanol–water partition coefficient (Wildman–Crippen LogP) is 8.14. The fourth-order valence-electron chi connectivity index (χ4n) is 3.83. The zero-order chi connectivity index (χ0) is 29.6. The molecule has 4 aromatic rings. The zero-order valence-corrected chi connectivity index (χ0v) is 23.1. The fraction of sp³-hybridized carbons (Fsp3) is 0.129. The standard InChI is InChI=1S/C31H22F5O3S2/c1-3-30(2,21-9-13-25(14-10-21)40-31(34,35)36)39-29(37)20-38-24-11-15-27(16-12-24)41(26-7-5-4-6-8-26)28-18-22(32)17-23(33)19-28/h1,4-19H,20H2,2H3/q+1. The number of carbonyl (C=O) groups excluding carboxylic acids is 1. The smallest absolute Gasteiger partial charge is 0.446 e. The molecule has 0 fully saturated rings. The van der Waals surface area contributed by atoms with Gasteiger partial charge in [-0.3, -0.25) is 0 Å². The molecule has 0 saturated carbocycles. The minimum absolute atomic E-state index is 0.0311. The van der Waals surface area contributed by atoms with E-state index in [0.717, 1.165) is 15.9 Å². The topological polar surface area (TPSA) is 35.5 Å². The highest BCUT2D eigenvalue weighted by atomic mass is 32.2. The van der Waals surface area contributed by atoms with Gasteiger partial charge in [-0.1, -0.05) is 36.3 Å². The van der Waals surface area contributed by atoms with Gasteiger partial charge in [-0.05, 0) is 67.2 Å². The molecule has 0 spiro atoms. The first-order valence-corrected chi connectivity index (χ1v) is 14.0. The average molecular weight is 602 g/mol. The fourth-order valence-corrected chi connectivity index (χ4v) is 6.48. The first-order valence-electron chi connectivity index (χ1n) is 12.0. The molecule has 0 heterocycles. The Morgan fingerprint density at radius 3 is 2.00 bits per heavy atom. The SMILES string of the molecule is C#CC(C)(OC(=O)COc1ccc([S+](c2ccccc2)c2cc(F)cc(F)c2)cc1)c1ccc(SC(F)(F)F)cc1. The van der Waals surface area contributed by atoms with Gasteiger partial charge in [0.25, 0.3) is 0 Å². The molecule has 3 nitrogen and oxygen atoms in total. The van der Waals surface area contributed by atoms with Crippen LogP contribution in [0.4, 0.5) is 22.0 Å². The quantitative estimate of drug-likeness (QED) is 0.0638. The van der Waals surface area contributed by atoms with Crippen LogP contribution >= 0.6 is 11.8 Å². The van der Waals surface area contributed by atoms with Crippen LogP contribution in [0.1, 0.15) is 12.5 Å². The van der Waals surface area contributed by atoms with Crippen molar-refractivity contribution in [3.8, 4) is 18.1 Å². The Morgan fingerprint density at radius 1 is 0.854 bits per heavy atom. The van der Waals surface area contributed by atoms with Crippen LogP contribution in [0.15, 0.2) is 117 Å². The third-order valence-electron chi connectivity index (χ3n) is 5.70. The zero-order valence-electron chi connectivity index (χ0n) is 21.5. The van der Waals surface area contributed by atoms with Crippen LogP contribution in [-0.2, 0) is 26.0 Å². The number of terminal acetylenes is 1. The molecule has 210 valence electrons. The van der Waals surface area contributed by atoms with Gasteiger partial charge in [0.15, 0.2) is 26.9 Å². The van der Waals surface area contributed by atoms with Gasteiger partial charge in [-0.25, -0.2) is 13.6 Å². The second-order valence-corrected chi connectivity index (χ2v) is 11.9. The number of halogens is 5. The van der Waals surface area contributed by atoms with Crippen LogP contribution < -0.4 is 4.74 Å². The molecular formula is C31H22F5O3S2+. The number of rotatable bonds is 9. The van der Waals surface area contributed by atoms with E-state index in [2.05, 4.69) is 5.92 Å². The number of ether oxygens (including phenoxy) is 2. The maximum absolute atomic E-state index is 14.0. The average Bonchev–Trinajstić information content (AvgIpc) is 2.92. The second kappa shape index (κ2) is 12.7. The number of esters is 1. The second-order valence-electron chi connectivity index (χ2n) is 8.71. The van der Waals surface area contributed by atoms with Crippen LogP contribution in [0.3, 0.4) is 0 Å². The lowest BCUT2D eigenvalue weighted by molar-refractivity contribution is -0.156. The van der Waals surface area contributed by atoms with Crippen LogP contribution in [0.5, 0.6) is 5.75 Å². The van der Waals surface area contributed by atoms with Gasteiger partial charge in [0.2, 0.25) is 0 Å². The summed E-state index contributed by atoms with van der Waals surface area (Å²) in [5.41, 5.74) is -5.64. The molecule has 0 radical (unpaired) electrons. The van der Waals surface area contributed by atoms with Crippen molar-refractivity contribution >= 4 is 28.6 Å². The van der Waals surface area contributed by atoms with E-state index < -0.39 is 46.2 Å². The summed E-state index contributed by atoms with van der Waals surface area (Å²) < 4.78 is 76.9. The monoisotopic (exact) mass is 601 g/mol. The Labute approximate surface area is 241 Å². The molecule has 0 aliphatic heterocycles. The van der Waals surface area contributed by atoms with Crippen LogP contribution in [0, 0.1) is 24.0 Å². The number of hydrogen-bond donors (Lipinski definition) is 0. The Kier molecular flexibility index (Phi) is 9.31. The van der Waals surface area contributed by atoms with Crippen LogP contribution in [-0.4, -0.2) is 18.1 Å². The van der Waals surface area contributed by atoms with Crippen LogP contribution in [0.25, 0.3) is 0 Å². The molecule has 0 N–H and O–H groups in total. The summed E-state index contributed by atoms with van der Waals surface area (Å²) in [4.78, 5) is 14.6. The van der Waals surface area contributed by atoms with Crippen molar-refractivity contribution < 1.29 is 36.2 Å². The minimum atomic E-state index is -4.43. The van der Waals surface area contributed by atoms with Gasteiger partial charge in [0.05, 0.1) is 10.9 Å². The lowest BCUT2D eigenvalue weighted by Gasteiger charge is -2.24. The molecule has 2 unspecified atom stereocenters. The van der Waals surface area contributed by atoms with E-state index in [9.17, 15) is 26.7 Å². The van der Waals surface area contributed by atoms with E-state index >= 15 is 0 Å². The molecule has 0 aliphatic carbocycles. The van der Waals surface area contributed by atoms with E-state index in [0.29, 0.717) is 16.2 Å². The highest BCUT2D eigenvalue weighted by Gasteiger charge is 2.32. The molecule has 4 aromatic carbocycles. The molecule has 2 atom stereocenters. The molecule has 0 aliphatic rings. The molecule has 0 aromatic heterocycles. The lowest BCUT2D eigenvalue weighted by Crippen LogP contribution is -2.30. The summed E-state index contributed by atoms with van der Waals surface area (Å²) in [6.45, 7) is 0.962. The highest BCUT2D eigenvalue weighted by molar-refractivity contribution is 8.00. The third-order valence-corrected chi connectivity index (χ3v) is 8.63. The Bertz CT molecular complexity index is 1520. The van der Waals surface area contributed by atoms with Crippen molar-refractivity contribution in [3.05, 3.63) is 114 Å². The molecule has 41 heavy (non-hydrogen) atoms. The van der Waals surface area contributed by atoms with Gasteiger partial charge < -0.3 is 9.47 Å². The first kappa shape index (κ1) is 30.0. The van der Waals surface area contributed by atoms with Crippen molar-refractivity contribution in [3.63, 3.8) is 0 Å². The molecular weight excluding hydrogens is 579 g/mol. The minimum Gasteiger partial charge on any atom is -0.482 e. The van der Waals surface area contributed by atoms with Gasteiger partial charge in [-0.2, -0.15) is 13.2 Å². The van der Waals surface area contributed by atoms with Crippen molar-refractivity contribution in [2.45, 2.75) is 37.6 Å². The van der Waals surface area contributed by atoms with Gasteiger partial charge in [0, 0.05) is 28.7 Å². The van der Waals surface area contributed by atoms with Gasteiger partial charge in [0.1, 0.15) is 17.4 Å². The largest absolute Gasteiger partial charge is 0.482 e. The Morgan fingerprint density at radius 2 is 1.44 bits per heavy atom. The van der Waals surface area contributed by atoms with Crippen LogP contribution in [0.2, 0.25) is 0 Å². The molecule has 0 bridgehead atoms. The summed E-state index contributed by atoms with van der Waals surface area (Å²) in [6, 6.07) is 24.7. The summed E-state index contributed by atoms with van der Waals surface area (Å²) in [7, 11) is -0.813. The normalized spacial score (nSPS) is 13.5. The summed E-state index contributed by atoms with van der Waals surface area (Å²) in [5.74, 6) is 0.560. The third kappa shape index (κ3) is 8.06. The van der Waals surface area contributed by atoms with E-state index in [4.69, 9.17) is 15.9 Å². The first-order chi connectivity index (χ1) is 19.5. The molecule has 0 saturated heterocycles. The molecule has 4 rings (SSSR count). The van der Waals surface area contributed by atoms with E-state index in [1.54, 1.807) is 24.3 Å². The van der Waals surface area contributed by atoms with Crippen molar-refractivity contribution in [1.82, 2.24) is 0 Å². The maximum atomic E-state index is 14.0. The number of benzene rings is 4. The summed E-state index contributed by atoms with van der Waals surface area (Å²) in [6.07, 6.45) is 5.59. The van der Waals surface area contributed by atoms with Crippen molar-refractivity contribution in [2.75, 3.05) is 6.61 Å². The summed E-state index contributed by atoms with van der Waals surface area (Å²) in [5, 5.41) is 0. The highest BCUT2D eigenvalue weighted by Crippen LogP contribution is 2.38. The van der Waals surface area contributed by atoms with E-state index in [-0.39, 0.29) is 16.7 Å². The van der Waals surface area contributed by atoms with Crippen molar-refractivity contribution in [2.24, 2.45) is 0 Å². The maximum Gasteiger partial charge on any atom is 0.446 e. The molecule has 0 amide bonds. The number of thioether (sulfide) groups is 1. The van der Waals surface area contributed by atoms with E-state index in [1.807, 2.05) is 30.3 Å². The molecule has 10 heteroatoms. The Hall–Kier alpha value is -3.94. The number of alkyl halides is 3. The summed E-state index contributed by atoms with van der Waals surface area (Å²) >= 11 is -0.264. The lowest BCUT2D eigenvalue weighted by atomic mass is 9.97. The van der Waals surface area contributed by atoms with E-state index in [1.165, 1.54) is 43.3 Å².